The fourth-order valence-electron chi connectivity index (χ4n) is 3.48. The Hall–Kier alpha value is -4.83. The van der Waals surface area contributed by atoms with Crippen LogP contribution in [0.4, 0.5) is 5.69 Å². The molecule has 35 heavy (non-hydrogen) atoms. The molecule has 0 aliphatic rings. The molecule has 4 aromatic rings. The number of anilines is 1. The lowest BCUT2D eigenvalue weighted by Crippen LogP contribution is -2.13. The van der Waals surface area contributed by atoms with Gasteiger partial charge in [0, 0.05) is 23.0 Å². The van der Waals surface area contributed by atoms with Gasteiger partial charge in [-0.25, -0.2) is 4.68 Å². The molecule has 0 unspecified atom stereocenters. The van der Waals surface area contributed by atoms with Crippen LogP contribution in [0.1, 0.15) is 12.5 Å². The van der Waals surface area contributed by atoms with E-state index >= 15 is 0 Å². The molecule has 0 radical (unpaired) electrons. The summed E-state index contributed by atoms with van der Waals surface area (Å²) in [7, 11) is 1.61. The van der Waals surface area contributed by atoms with Crippen molar-refractivity contribution in [3.63, 3.8) is 0 Å². The fraction of sp³-hybridized carbons (Fsp3) is 0.107. The van der Waals surface area contributed by atoms with Crippen LogP contribution in [0.25, 0.3) is 23.0 Å². The number of methoxy groups -OCH3 is 1. The van der Waals surface area contributed by atoms with E-state index in [9.17, 15) is 10.1 Å². The molecule has 0 saturated carbocycles. The van der Waals surface area contributed by atoms with Gasteiger partial charge in [0.25, 0.3) is 5.91 Å². The molecule has 0 atom stereocenters. The van der Waals surface area contributed by atoms with E-state index in [2.05, 4.69) is 5.32 Å². The number of nitrogens with zero attached hydrogens (tertiary/aromatic N) is 3. The van der Waals surface area contributed by atoms with Gasteiger partial charge in [0.05, 0.1) is 25.1 Å². The quantitative estimate of drug-likeness (QED) is 0.275. The van der Waals surface area contributed by atoms with E-state index in [1.165, 1.54) is 0 Å². The van der Waals surface area contributed by atoms with Gasteiger partial charge in [-0.05, 0) is 73.7 Å². The van der Waals surface area contributed by atoms with Gasteiger partial charge in [0.1, 0.15) is 23.1 Å². The lowest BCUT2D eigenvalue weighted by atomic mass is 10.1. The van der Waals surface area contributed by atoms with Crippen molar-refractivity contribution >= 4 is 17.7 Å². The maximum absolute atomic E-state index is 12.9. The zero-order chi connectivity index (χ0) is 24.6. The molecular formula is C28H24N4O3. The molecule has 4 rings (SSSR count). The highest BCUT2D eigenvalue weighted by molar-refractivity contribution is 6.10. The molecular weight excluding hydrogens is 440 g/mol. The number of hydrogen-bond acceptors (Lipinski definition) is 5. The summed E-state index contributed by atoms with van der Waals surface area (Å²) in [5, 5.41) is 17.3. The first-order valence-electron chi connectivity index (χ1n) is 11.1. The number of ether oxygens (including phenoxy) is 2. The summed E-state index contributed by atoms with van der Waals surface area (Å²) in [5.41, 5.74) is 3.49. The van der Waals surface area contributed by atoms with Gasteiger partial charge in [-0.2, -0.15) is 10.4 Å². The highest BCUT2D eigenvalue weighted by atomic mass is 16.5. The van der Waals surface area contributed by atoms with Crippen LogP contribution in [0.2, 0.25) is 0 Å². The molecule has 0 aliphatic heterocycles. The molecule has 174 valence electrons. The maximum atomic E-state index is 12.9. The van der Waals surface area contributed by atoms with Gasteiger partial charge in [-0.15, -0.1) is 0 Å². The number of para-hydroxylation sites is 1. The molecule has 0 spiro atoms. The number of rotatable bonds is 8. The van der Waals surface area contributed by atoms with Crippen molar-refractivity contribution in [3.05, 3.63) is 96.2 Å². The van der Waals surface area contributed by atoms with Gasteiger partial charge < -0.3 is 14.8 Å². The number of nitrogens with one attached hydrogen (secondary N) is 1. The molecule has 1 amide bonds. The normalized spacial score (nSPS) is 10.9. The summed E-state index contributed by atoms with van der Waals surface area (Å²) in [5.74, 6) is 0.921. The van der Waals surface area contributed by atoms with Crippen molar-refractivity contribution in [2.45, 2.75) is 6.92 Å². The molecule has 0 aliphatic carbocycles. The largest absolute Gasteiger partial charge is 0.497 e. The van der Waals surface area contributed by atoms with E-state index in [1.807, 2.05) is 67.6 Å². The zero-order valence-corrected chi connectivity index (χ0v) is 19.4. The maximum Gasteiger partial charge on any atom is 0.266 e. The molecule has 7 heteroatoms. The number of carbonyl (C=O) groups is 1. The van der Waals surface area contributed by atoms with Crippen molar-refractivity contribution < 1.29 is 14.3 Å². The van der Waals surface area contributed by atoms with Gasteiger partial charge in [-0.3, -0.25) is 4.79 Å². The minimum atomic E-state index is -0.509. The molecule has 0 fully saturated rings. The predicted octanol–water partition coefficient (Wildman–Crippen LogP) is 5.49. The summed E-state index contributed by atoms with van der Waals surface area (Å²) in [6, 6.07) is 26.1. The van der Waals surface area contributed by atoms with Crippen LogP contribution in [-0.2, 0) is 4.79 Å². The highest BCUT2D eigenvalue weighted by Gasteiger charge is 2.15. The second-order valence-electron chi connectivity index (χ2n) is 7.52. The monoisotopic (exact) mass is 464 g/mol. The first-order chi connectivity index (χ1) is 17.1. The summed E-state index contributed by atoms with van der Waals surface area (Å²) in [6.45, 7) is 2.46. The van der Waals surface area contributed by atoms with Crippen LogP contribution < -0.4 is 14.8 Å². The Kier molecular flexibility index (Phi) is 7.24. The summed E-state index contributed by atoms with van der Waals surface area (Å²) in [6.07, 6.45) is 3.35. The van der Waals surface area contributed by atoms with E-state index in [4.69, 9.17) is 14.6 Å². The molecule has 1 aromatic heterocycles. The average molecular weight is 465 g/mol. The number of nitriles is 1. The topological polar surface area (TPSA) is 89.2 Å². The van der Waals surface area contributed by atoms with Crippen LogP contribution in [0.3, 0.4) is 0 Å². The molecule has 0 bridgehead atoms. The van der Waals surface area contributed by atoms with Crippen molar-refractivity contribution in [2.24, 2.45) is 0 Å². The molecule has 1 heterocycles. The summed E-state index contributed by atoms with van der Waals surface area (Å²) < 4.78 is 12.4. The van der Waals surface area contributed by atoms with Crippen molar-refractivity contribution in [1.82, 2.24) is 9.78 Å². The van der Waals surface area contributed by atoms with Gasteiger partial charge in [0.15, 0.2) is 0 Å². The van der Waals surface area contributed by atoms with E-state index in [0.29, 0.717) is 29.3 Å². The van der Waals surface area contributed by atoms with Crippen LogP contribution in [0.5, 0.6) is 11.5 Å². The number of carbonyl (C=O) groups excluding carboxylic acids is 1. The number of hydrogen-bond donors (Lipinski definition) is 1. The zero-order valence-electron chi connectivity index (χ0n) is 19.4. The Balaban J connectivity index is 1.68. The Morgan fingerprint density at radius 3 is 2.34 bits per heavy atom. The first-order valence-corrected chi connectivity index (χ1v) is 11.1. The van der Waals surface area contributed by atoms with Crippen molar-refractivity contribution in [3.8, 4) is 34.5 Å². The molecule has 7 nitrogen and oxygen atoms in total. The van der Waals surface area contributed by atoms with Gasteiger partial charge >= 0.3 is 0 Å². The first kappa shape index (κ1) is 23.3. The van der Waals surface area contributed by atoms with Gasteiger partial charge in [0.2, 0.25) is 0 Å². The Morgan fingerprint density at radius 1 is 1.03 bits per heavy atom. The second-order valence-corrected chi connectivity index (χ2v) is 7.52. The third kappa shape index (κ3) is 5.57. The van der Waals surface area contributed by atoms with Crippen LogP contribution in [0.15, 0.2) is 90.6 Å². The number of amides is 1. The Morgan fingerprint density at radius 2 is 1.71 bits per heavy atom. The lowest BCUT2D eigenvalue weighted by Gasteiger charge is -2.07. The number of aromatic nitrogens is 2. The van der Waals surface area contributed by atoms with Crippen molar-refractivity contribution in [2.75, 3.05) is 19.0 Å². The van der Waals surface area contributed by atoms with E-state index in [1.54, 1.807) is 48.3 Å². The fourth-order valence-corrected chi connectivity index (χ4v) is 3.48. The third-order valence-corrected chi connectivity index (χ3v) is 5.21. The lowest BCUT2D eigenvalue weighted by molar-refractivity contribution is -0.112. The summed E-state index contributed by atoms with van der Waals surface area (Å²) in [4.78, 5) is 12.9. The molecule has 0 saturated heterocycles. The molecule has 1 N–H and O–H groups in total. The van der Waals surface area contributed by atoms with Crippen molar-refractivity contribution in [1.29, 1.82) is 5.26 Å². The van der Waals surface area contributed by atoms with Crippen LogP contribution in [0, 0.1) is 11.3 Å². The van der Waals surface area contributed by atoms with E-state index in [-0.39, 0.29) is 5.57 Å². The summed E-state index contributed by atoms with van der Waals surface area (Å²) >= 11 is 0. The predicted molar refractivity (Wildman–Crippen MR) is 135 cm³/mol. The Bertz CT molecular complexity index is 1370. The second kappa shape index (κ2) is 10.9. The minimum absolute atomic E-state index is 0.0405. The number of benzene rings is 3. The van der Waals surface area contributed by atoms with E-state index in [0.717, 1.165) is 17.0 Å². The highest BCUT2D eigenvalue weighted by Crippen LogP contribution is 2.28. The van der Waals surface area contributed by atoms with Gasteiger partial charge in [-0.1, -0.05) is 18.2 Å². The third-order valence-electron chi connectivity index (χ3n) is 5.21. The Labute approximate surface area is 203 Å². The minimum Gasteiger partial charge on any atom is -0.497 e. The molecule has 3 aromatic carbocycles. The SMILES string of the molecule is CCOc1ccc(NC(=O)/C(C#N)=C/c2cn(-c3ccccc3)nc2-c2ccc(OC)cc2)cc1. The average Bonchev–Trinajstić information content (AvgIpc) is 3.33. The van der Waals surface area contributed by atoms with E-state index < -0.39 is 5.91 Å². The standard InChI is InChI=1S/C28H24N4O3/c1-3-35-26-15-11-23(12-16-26)30-28(33)21(18-29)17-22-19-32(24-7-5-4-6-8-24)31-27(22)20-9-13-25(34-2)14-10-20/h4-17,19H,3H2,1-2H3,(H,30,33)/b21-17+. The van der Waals surface area contributed by atoms with Crippen LogP contribution >= 0.6 is 0 Å². The smallest absolute Gasteiger partial charge is 0.266 e. The van der Waals surface area contributed by atoms with Crippen LogP contribution in [-0.4, -0.2) is 29.4 Å².